The van der Waals surface area contributed by atoms with Gasteiger partial charge >= 0.3 is 5.97 Å². The van der Waals surface area contributed by atoms with E-state index in [0.29, 0.717) is 25.3 Å². The number of hydrogen-bond donors (Lipinski definition) is 2. The smallest absolute Gasteiger partial charge is 0.335 e. The van der Waals surface area contributed by atoms with Crippen LogP contribution in [-0.4, -0.2) is 28.0 Å². The van der Waals surface area contributed by atoms with Crippen molar-refractivity contribution in [2.75, 3.05) is 6.54 Å². The van der Waals surface area contributed by atoms with Gasteiger partial charge in [-0.1, -0.05) is 13.0 Å². The fourth-order valence-corrected chi connectivity index (χ4v) is 3.94. The summed E-state index contributed by atoms with van der Waals surface area (Å²) in [5.74, 6) is -0.598. The van der Waals surface area contributed by atoms with E-state index in [4.69, 9.17) is 0 Å². The molecule has 120 valence electrons. The molecule has 1 aliphatic carbocycles. The predicted octanol–water partition coefficient (Wildman–Crippen LogP) is 2.74. The Morgan fingerprint density at radius 2 is 2.26 bits per heavy atom. The maximum Gasteiger partial charge on any atom is 0.335 e. The van der Waals surface area contributed by atoms with E-state index in [-0.39, 0.29) is 17.0 Å². The number of benzene rings is 1. The summed E-state index contributed by atoms with van der Waals surface area (Å²) in [6.07, 6.45) is 2.51. The number of rotatable bonds is 2. The highest BCUT2D eigenvalue weighted by atomic mass is 16.4. The number of carboxylic acid groups (broad SMARTS) is 1. The summed E-state index contributed by atoms with van der Waals surface area (Å²) in [5, 5.41) is 13.9. The van der Waals surface area contributed by atoms with E-state index in [9.17, 15) is 14.7 Å². The predicted molar refractivity (Wildman–Crippen MR) is 86.6 cm³/mol. The molecule has 2 aliphatic rings. The standard InChI is InChI=1S/C18H20N2O3/c1-2-13-15-7-11-3-4-12(17(22)23)8-14(11)20(15)10-18(9-19-13)6-5-16(18)21/h3-4,7-8,13,19H,2,5-6,9-10H2,1H3,(H,22,23). The second-order valence-corrected chi connectivity index (χ2v) is 6.78. The van der Waals surface area contributed by atoms with Gasteiger partial charge in [-0.2, -0.15) is 0 Å². The SMILES string of the molecule is CCC1NCC2(CCC2=O)Cn2c1cc1ccc(C(=O)O)cc12. The number of carbonyl (C=O) groups is 2. The summed E-state index contributed by atoms with van der Waals surface area (Å²) in [6, 6.07) is 7.56. The van der Waals surface area contributed by atoms with Crippen molar-refractivity contribution < 1.29 is 14.7 Å². The molecule has 0 radical (unpaired) electrons. The Hall–Kier alpha value is -2.14. The first-order chi connectivity index (χ1) is 11.0. The van der Waals surface area contributed by atoms with Crippen LogP contribution in [0.5, 0.6) is 0 Å². The largest absolute Gasteiger partial charge is 0.478 e. The van der Waals surface area contributed by atoms with Gasteiger partial charge in [-0.15, -0.1) is 0 Å². The molecule has 1 fully saturated rings. The van der Waals surface area contributed by atoms with Crippen LogP contribution in [0.1, 0.15) is 48.3 Å². The van der Waals surface area contributed by atoms with E-state index in [1.807, 2.05) is 6.07 Å². The van der Waals surface area contributed by atoms with Gasteiger partial charge in [0, 0.05) is 36.8 Å². The molecule has 0 bridgehead atoms. The van der Waals surface area contributed by atoms with Gasteiger partial charge in [0.2, 0.25) is 0 Å². The average Bonchev–Trinajstić information content (AvgIpc) is 2.80. The Balaban J connectivity index is 1.91. The minimum atomic E-state index is -0.921. The number of hydrogen-bond acceptors (Lipinski definition) is 3. The molecule has 5 nitrogen and oxygen atoms in total. The Bertz CT molecular complexity index is 823. The molecule has 0 amide bonds. The third-order valence-corrected chi connectivity index (χ3v) is 5.52. The molecule has 5 heteroatoms. The lowest BCUT2D eigenvalue weighted by molar-refractivity contribution is -0.138. The molecule has 4 rings (SSSR count). The quantitative estimate of drug-likeness (QED) is 0.894. The number of fused-ring (bicyclic) bond motifs is 3. The number of nitrogens with one attached hydrogen (secondary N) is 1. The second-order valence-electron chi connectivity index (χ2n) is 6.78. The molecule has 23 heavy (non-hydrogen) atoms. The highest BCUT2D eigenvalue weighted by Crippen LogP contribution is 2.43. The normalized spacial score (nSPS) is 26.8. The number of carboxylic acids is 1. The highest BCUT2D eigenvalue weighted by molar-refractivity contribution is 5.94. The number of aromatic nitrogens is 1. The van der Waals surface area contributed by atoms with Crippen LogP contribution < -0.4 is 5.32 Å². The fraction of sp³-hybridized carbons (Fsp3) is 0.444. The van der Waals surface area contributed by atoms with Gasteiger partial charge in [-0.05, 0) is 36.4 Å². The second kappa shape index (κ2) is 4.93. The first-order valence-electron chi connectivity index (χ1n) is 8.17. The molecule has 2 aromatic rings. The molecule has 1 aliphatic heterocycles. The van der Waals surface area contributed by atoms with Crippen molar-refractivity contribution in [1.29, 1.82) is 0 Å². The van der Waals surface area contributed by atoms with Crippen LogP contribution in [0, 0.1) is 5.41 Å². The Kier molecular flexibility index (Phi) is 3.10. The molecule has 1 aromatic carbocycles. The number of ketones is 1. The summed E-state index contributed by atoms with van der Waals surface area (Å²) in [7, 11) is 0. The number of aromatic carboxylic acids is 1. The topological polar surface area (TPSA) is 71.3 Å². The molecule has 1 aromatic heterocycles. The minimum Gasteiger partial charge on any atom is -0.478 e. The summed E-state index contributed by atoms with van der Waals surface area (Å²) in [6.45, 7) is 3.49. The lowest BCUT2D eigenvalue weighted by atomic mass is 9.67. The van der Waals surface area contributed by atoms with Crippen LogP contribution in [0.15, 0.2) is 24.3 Å². The van der Waals surface area contributed by atoms with Gasteiger partial charge in [0.25, 0.3) is 0 Å². The zero-order valence-corrected chi connectivity index (χ0v) is 13.1. The van der Waals surface area contributed by atoms with E-state index < -0.39 is 5.97 Å². The monoisotopic (exact) mass is 312 g/mol. The zero-order chi connectivity index (χ0) is 16.2. The van der Waals surface area contributed by atoms with Crippen molar-refractivity contribution >= 4 is 22.7 Å². The van der Waals surface area contributed by atoms with Crippen molar-refractivity contribution in [3.05, 3.63) is 35.5 Å². The van der Waals surface area contributed by atoms with Gasteiger partial charge in [-0.3, -0.25) is 4.79 Å². The Morgan fingerprint density at radius 1 is 1.43 bits per heavy atom. The van der Waals surface area contributed by atoms with Gasteiger partial charge in [-0.25, -0.2) is 4.79 Å². The van der Waals surface area contributed by atoms with Crippen molar-refractivity contribution in [2.24, 2.45) is 5.41 Å². The molecule has 2 heterocycles. The van der Waals surface area contributed by atoms with Crippen molar-refractivity contribution in [2.45, 2.75) is 38.8 Å². The zero-order valence-electron chi connectivity index (χ0n) is 13.1. The third-order valence-electron chi connectivity index (χ3n) is 5.52. The van der Waals surface area contributed by atoms with Crippen LogP contribution in [-0.2, 0) is 11.3 Å². The van der Waals surface area contributed by atoms with Gasteiger partial charge in [0.15, 0.2) is 0 Å². The number of nitrogens with zero attached hydrogens (tertiary/aromatic N) is 1. The van der Waals surface area contributed by atoms with Crippen molar-refractivity contribution in [1.82, 2.24) is 9.88 Å². The first-order valence-corrected chi connectivity index (χ1v) is 8.17. The summed E-state index contributed by atoms with van der Waals surface area (Å²) in [5.41, 5.74) is 2.05. The molecule has 2 N–H and O–H groups in total. The lowest BCUT2D eigenvalue weighted by Crippen LogP contribution is -2.49. The summed E-state index contributed by atoms with van der Waals surface area (Å²) >= 11 is 0. The maximum atomic E-state index is 12.3. The van der Waals surface area contributed by atoms with Crippen LogP contribution in [0.3, 0.4) is 0 Å². The molecule has 0 saturated heterocycles. The van der Waals surface area contributed by atoms with Crippen molar-refractivity contribution in [3.63, 3.8) is 0 Å². The van der Waals surface area contributed by atoms with E-state index in [0.717, 1.165) is 29.4 Å². The average molecular weight is 312 g/mol. The van der Waals surface area contributed by atoms with Crippen LogP contribution >= 0.6 is 0 Å². The molecule has 2 atom stereocenters. The maximum absolute atomic E-state index is 12.3. The number of Topliss-reactive ketones (excluding diaryl/α,β-unsaturated/α-hetero) is 1. The Morgan fingerprint density at radius 3 is 2.87 bits per heavy atom. The van der Waals surface area contributed by atoms with Gasteiger partial charge in [0.05, 0.1) is 11.0 Å². The van der Waals surface area contributed by atoms with E-state index in [1.165, 1.54) is 0 Å². The molecular weight excluding hydrogens is 292 g/mol. The molecular formula is C18H20N2O3. The van der Waals surface area contributed by atoms with E-state index >= 15 is 0 Å². The molecule has 1 saturated carbocycles. The Labute approximate surface area is 134 Å². The van der Waals surface area contributed by atoms with E-state index in [2.05, 4.69) is 22.9 Å². The lowest BCUT2D eigenvalue weighted by Gasteiger charge is -2.39. The van der Waals surface area contributed by atoms with Crippen LogP contribution in [0.25, 0.3) is 10.9 Å². The third kappa shape index (κ3) is 2.03. The first kappa shape index (κ1) is 14.5. The fourth-order valence-electron chi connectivity index (χ4n) is 3.94. The van der Waals surface area contributed by atoms with Gasteiger partial charge < -0.3 is 15.0 Å². The molecule has 1 spiro atoms. The van der Waals surface area contributed by atoms with Crippen LogP contribution in [0.2, 0.25) is 0 Å². The highest BCUT2D eigenvalue weighted by Gasteiger charge is 2.48. The summed E-state index contributed by atoms with van der Waals surface area (Å²) in [4.78, 5) is 23.5. The summed E-state index contributed by atoms with van der Waals surface area (Å²) < 4.78 is 2.17. The van der Waals surface area contributed by atoms with Crippen LogP contribution in [0.4, 0.5) is 0 Å². The molecule has 2 unspecified atom stereocenters. The van der Waals surface area contributed by atoms with Crippen molar-refractivity contribution in [3.8, 4) is 0 Å². The number of carbonyl (C=O) groups excluding carboxylic acids is 1. The minimum absolute atomic E-state index is 0.198. The van der Waals surface area contributed by atoms with E-state index in [1.54, 1.807) is 12.1 Å². The van der Waals surface area contributed by atoms with Gasteiger partial charge in [0.1, 0.15) is 5.78 Å².